The summed E-state index contributed by atoms with van der Waals surface area (Å²) >= 11 is 0. The molecule has 2 aromatic rings. The second-order valence-corrected chi connectivity index (χ2v) is 8.12. The lowest BCUT2D eigenvalue weighted by atomic mass is 9.77. The van der Waals surface area contributed by atoms with Gasteiger partial charge in [0.05, 0.1) is 24.6 Å². The molecule has 0 radical (unpaired) electrons. The van der Waals surface area contributed by atoms with Crippen LogP contribution in [0.15, 0.2) is 60.1 Å². The third kappa shape index (κ3) is 3.07. The number of carbonyl (C=O) groups is 2. The smallest absolute Gasteiger partial charge is 0.290 e. The van der Waals surface area contributed by atoms with Gasteiger partial charge in [-0.2, -0.15) is 0 Å². The van der Waals surface area contributed by atoms with E-state index in [0.717, 1.165) is 42.6 Å². The van der Waals surface area contributed by atoms with Crippen molar-refractivity contribution in [3.63, 3.8) is 0 Å². The van der Waals surface area contributed by atoms with Crippen molar-refractivity contribution in [3.05, 3.63) is 71.3 Å². The van der Waals surface area contributed by atoms with E-state index < -0.39 is 6.04 Å². The Kier molecular flexibility index (Phi) is 4.77. The van der Waals surface area contributed by atoms with E-state index >= 15 is 0 Å². The van der Waals surface area contributed by atoms with Gasteiger partial charge in [-0.05, 0) is 54.7 Å². The number of fused-ring (bicyclic) bond motifs is 1. The number of amides is 1. The Balaban J connectivity index is 1.57. The standard InChI is InChI=1S/C24H24N2O4/c1-29-17-8-6-16(7-9-17)21-20-22(27)18-4-2-3-5-19(18)30-23(20)24(28)26(21)14-15-10-12-25-13-11-15/h6-13,18-19,21H,2-5,14H2,1H3. The average Bonchev–Trinajstić information content (AvgIpc) is 3.06. The van der Waals surface area contributed by atoms with E-state index in [1.54, 1.807) is 24.4 Å². The van der Waals surface area contributed by atoms with E-state index in [4.69, 9.17) is 9.47 Å². The fourth-order valence-corrected chi connectivity index (χ4v) is 4.87. The molecular formula is C24H24N2O4. The minimum absolute atomic E-state index is 0.0762. The maximum absolute atomic E-state index is 13.5. The summed E-state index contributed by atoms with van der Waals surface area (Å²) in [6, 6.07) is 10.9. The molecule has 6 nitrogen and oxygen atoms in total. The van der Waals surface area contributed by atoms with Gasteiger partial charge >= 0.3 is 0 Å². The molecule has 0 N–H and O–H groups in total. The summed E-state index contributed by atoms with van der Waals surface area (Å²) < 4.78 is 11.5. The van der Waals surface area contributed by atoms with Crippen LogP contribution in [0.4, 0.5) is 0 Å². The number of pyridine rings is 1. The second-order valence-electron chi connectivity index (χ2n) is 8.12. The van der Waals surface area contributed by atoms with Crippen LogP contribution < -0.4 is 4.74 Å². The lowest BCUT2D eigenvalue weighted by Crippen LogP contribution is -2.39. The number of nitrogens with zero attached hydrogens (tertiary/aromatic N) is 2. The molecule has 3 unspecified atom stereocenters. The molecule has 3 atom stereocenters. The Labute approximate surface area is 175 Å². The van der Waals surface area contributed by atoms with Gasteiger partial charge in [-0.25, -0.2) is 0 Å². The number of ether oxygens (including phenoxy) is 2. The highest BCUT2D eigenvalue weighted by atomic mass is 16.5. The number of ketones is 1. The summed E-state index contributed by atoms with van der Waals surface area (Å²) in [6.07, 6.45) is 6.97. The van der Waals surface area contributed by atoms with Crippen LogP contribution in [0.3, 0.4) is 0 Å². The summed E-state index contributed by atoms with van der Waals surface area (Å²) in [5.74, 6) is 0.703. The quantitative estimate of drug-likeness (QED) is 0.779. The van der Waals surface area contributed by atoms with Crippen molar-refractivity contribution in [2.75, 3.05) is 7.11 Å². The first-order valence-corrected chi connectivity index (χ1v) is 10.5. The largest absolute Gasteiger partial charge is 0.497 e. The number of benzene rings is 1. The zero-order valence-electron chi connectivity index (χ0n) is 16.9. The lowest BCUT2D eigenvalue weighted by molar-refractivity contribution is -0.135. The van der Waals surface area contributed by atoms with Crippen molar-refractivity contribution < 1.29 is 19.1 Å². The van der Waals surface area contributed by atoms with Crippen molar-refractivity contribution in [1.82, 2.24) is 9.88 Å². The van der Waals surface area contributed by atoms with Crippen LogP contribution in [0.2, 0.25) is 0 Å². The van der Waals surface area contributed by atoms with Crippen molar-refractivity contribution >= 4 is 11.7 Å². The topological polar surface area (TPSA) is 68.7 Å². The fraction of sp³-hybridized carbons (Fsp3) is 0.375. The van der Waals surface area contributed by atoms with Crippen molar-refractivity contribution in [2.24, 2.45) is 5.92 Å². The number of methoxy groups -OCH3 is 1. The highest BCUT2D eigenvalue weighted by Gasteiger charge is 2.51. The molecule has 6 heteroatoms. The molecule has 5 rings (SSSR count). The van der Waals surface area contributed by atoms with Gasteiger partial charge in [0, 0.05) is 18.9 Å². The van der Waals surface area contributed by atoms with Gasteiger partial charge in [-0.15, -0.1) is 0 Å². The van der Waals surface area contributed by atoms with Gasteiger partial charge in [-0.1, -0.05) is 18.6 Å². The molecule has 3 aliphatic rings. The molecule has 0 saturated heterocycles. The average molecular weight is 404 g/mol. The summed E-state index contributed by atoms with van der Waals surface area (Å²) in [7, 11) is 1.62. The maximum atomic E-state index is 13.5. The number of hydrogen-bond acceptors (Lipinski definition) is 5. The first-order valence-electron chi connectivity index (χ1n) is 10.5. The Morgan fingerprint density at radius 1 is 1.07 bits per heavy atom. The van der Waals surface area contributed by atoms with E-state index in [0.29, 0.717) is 12.1 Å². The number of Topliss-reactive ketones (excluding diaryl/α,β-unsaturated/α-hetero) is 1. The molecular weight excluding hydrogens is 380 g/mol. The summed E-state index contributed by atoms with van der Waals surface area (Å²) in [6.45, 7) is 0.386. The van der Waals surface area contributed by atoms with Crippen LogP contribution in [0, 0.1) is 5.92 Å². The normalized spacial score (nSPS) is 25.6. The first-order chi connectivity index (χ1) is 14.7. The molecule has 1 saturated carbocycles. The molecule has 1 aromatic heterocycles. The van der Waals surface area contributed by atoms with Crippen LogP contribution in [0.5, 0.6) is 5.75 Å². The highest BCUT2D eigenvalue weighted by Crippen LogP contribution is 2.47. The molecule has 154 valence electrons. The Morgan fingerprint density at radius 2 is 1.80 bits per heavy atom. The second kappa shape index (κ2) is 7.59. The van der Waals surface area contributed by atoms with Gasteiger partial charge in [0.15, 0.2) is 11.5 Å². The van der Waals surface area contributed by atoms with E-state index in [1.165, 1.54) is 0 Å². The van der Waals surface area contributed by atoms with Crippen LogP contribution in [0.25, 0.3) is 0 Å². The van der Waals surface area contributed by atoms with Gasteiger partial charge in [0.1, 0.15) is 11.9 Å². The van der Waals surface area contributed by atoms with Gasteiger partial charge in [0.25, 0.3) is 5.91 Å². The highest BCUT2D eigenvalue weighted by molar-refractivity contribution is 6.11. The van der Waals surface area contributed by atoms with Crippen molar-refractivity contribution in [3.8, 4) is 5.75 Å². The van der Waals surface area contributed by atoms with Crippen molar-refractivity contribution in [1.29, 1.82) is 0 Å². The monoisotopic (exact) mass is 404 g/mol. The van der Waals surface area contributed by atoms with Gasteiger partial charge < -0.3 is 14.4 Å². The SMILES string of the molecule is COc1ccc(C2C3=C(OC4CCCCC4C3=O)C(=O)N2Cc2ccncc2)cc1. The minimum Gasteiger partial charge on any atom is -0.497 e. The predicted molar refractivity (Wildman–Crippen MR) is 109 cm³/mol. The number of rotatable bonds is 4. The van der Waals surface area contributed by atoms with E-state index in [2.05, 4.69) is 4.98 Å². The number of hydrogen-bond donors (Lipinski definition) is 0. The molecule has 2 aliphatic heterocycles. The van der Waals surface area contributed by atoms with Crippen molar-refractivity contribution in [2.45, 2.75) is 44.4 Å². The molecule has 1 aromatic carbocycles. The minimum atomic E-state index is -0.457. The molecule has 1 amide bonds. The van der Waals surface area contributed by atoms with Crippen LogP contribution in [-0.2, 0) is 20.9 Å². The van der Waals surface area contributed by atoms with Gasteiger partial charge in [-0.3, -0.25) is 14.6 Å². The molecule has 0 bridgehead atoms. The molecule has 1 fully saturated rings. The number of carbonyl (C=O) groups excluding carboxylic acids is 2. The van der Waals surface area contributed by atoms with E-state index in [1.807, 2.05) is 36.4 Å². The summed E-state index contributed by atoms with van der Waals surface area (Å²) in [4.78, 5) is 32.8. The Hall–Kier alpha value is -3.15. The fourth-order valence-electron chi connectivity index (χ4n) is 4.87. The molecule has 30 heavy (non-hydrogen) atoms. The third-order valence-corrected chi connectivity index (χ3v) is 6.39. The van der Waals surface area contributed by atoms with E-state index in [-0.39, 0.29) is 29.5 Å². The first kappa shape index (κ1) is 18.9. The Morgan fingerprint density at radius 3 is 2.53 bits per heavy atom. The molecule has 1 aliphatic carbocycles. The zero-order valence-corrected chi connectivity index (χ0v) is 16.9. The van der Waals surface area contributed by atoms with Crippen LogP contribution >= 0.6 is 0 Å². The maximum Gasteiger partial charge on any atom is 0.290 e. The Bertz CT molecular complexity index is 1000. The van der Waals surface area contributed by atoms with Gasteiger partial charge in [0.2, 0.25) is 0 Å². The zero-order chi connectivity index (χ0) is 20.7. The molecule has 3 heterocycles. The lowest BCUT2D eigenvalue weighted by Gasteiger charge is -2.35. The summed E-state index contributed by atoms with van der Waals surface area (Å²) in [5.41, 5.74) is 2.36. The molecule has 0 spiro atoms. The summed E-state index contributed by atoms with van der Waals surface area (Å²) in [5, 5.41) is 0. The third-order valence-electron chi connectivity index (χ3n) is 6.39. The van der Waals surface area contributed by atoms with Crippen LogP contribution in [0.1, 0.15) is 42.9 Å². The van der Waals surface area contributed by atoms with E-state index in [9.17, 15) is 9.59 Å². The predicted octanol–water partition coefficient (Wildman–Crippen LogP) is 3.59. The number of aromatic nitrogens is 1. The van der Waals surface area contributed by atoms with Crippen LogP contribution in [-0.4, -0.2) is 34.8 Å².